The van der Waals surface area contributed by atoms with Gasteiger partial charge in [-0.15, -0.1) is 0 Å². The Labute approximate surface area is 144 Å². The Morgan fingerprint density at radius 2 is 2.12 bits per heavy atom. The number of fused-ring (bicyclic) bond motifs is 1. The summed E-state index contributed by atoms with van der Waals surface area (Å²) < 4.78 is 20.0. The maximum Gasteiger partial charge on any atom is 0.165 e. The van der Waals surface area contributed by atoms with E-state index in [1.807, 2.05) is 19.1 Å². The quantitative estimate of drug-likeness (QED) is 0.678. The first-order valence-corrected chi connectivity index (χ1v) is 8.46. The largest absolute Gasteiger partial charge is 0.505 e. The molecule has 4 rings (SSSR count). The third kappa shape index (κ3) is 2.82. The van der Waals surface area contributed by atoms with E-state index in [0.717, 1.165) is 40.4 Å². The summed E-state index contributed by atoms with van der Waals surface area (Å²) in [7, 11) is 0. The molecule has 5 nitrogen and oxygen atoms in total. The van der Waals surface area contributed by atoms with Crippen LogP contribution < -0.4 is 10.5 Å². The Kier molecular flexibility index (Phi) is 3.84. The summed E-state index contributed by atoms with van der Waals surface area (Å²) in [5.74, 6) is -0.249. The minimum Gasteiger partial charge on any atom is -0.505 e. The van der Waals surface area contributed by atoms with Gasteiger partial charge in [-0.05, 0) is 60.2 Å². The van der Waals surface area contributed by atoms with Crippen molar-refractivity contribution in [3.8, 4) is 22.6 Å². The molecule has 1 saturated carbocycles. The van der Waals surface area contributed by atoms with E-state index in [9.17, 15) is 9.50 Å². The Morgan fingerprint density at radius 3 is 2.84 bits per heavy atom. The molecule has 25 heavy (non-hydrogen) atoms. The number of phenols is 1. The van der Waals surface area contributed by atoms with Crippen molar-refractivity contribution in [1.29, 1.82) is 0 Å². The van der Waals surface area contributed by atoms with Crippen molar-refractivity contribution in [3.05, 3.63) is 41.8 Å². The topological polar surface area (TPSA) is 84.2 Å². The van der Waals surface area contributed by atoms with Gasteiger partial charge in [0, 0.05) is 6.04 Å². The standard InChI is InChI=1S/C19H20FN3O2/c1-2-10-4-18(24)16(20)8-14(10)11-3-17-15(9-22-23-17)19(5-11)25-13-6-12(21)7-13/h3-5,8-9,12-13,24H,2,6-7,21H2,1H3,(H,22,23)/t12-,13-. The van der Waals surface area contributed by atoms with E-state index in [4.69, 9.17) is 10.5 Å². The molecular weight excluding hydrogens is 321 g/mol. The van der Waals surface area contributed by atoms with Crippen molar-refractivity contribution in [2.75, 3.05) is 0 Å². The Morgan fingerprint density at radius 1 is 1.32 bits per heavy atom. The summed E-state index contributed by atoms with van der Waals surface area (Å²) in [6.45, 7) is 1.97. The molecule has 1 fully saturated rings. The lowest BCUT2D eigenvalue weighted by Gasteiger charge is -2.32. The number of rotatable bonds is 4. The number of nitrogens with two attached hydrogens (primary N) is 1. The molecule has 0 aliphatic heterocycles. The molecule has 6 heteroatoms. The second kappa shape index (κ2) is 6.04. The number of nitrogens with one attached hydrogen (secondary N) is 1. The van der Waals surface area contributed by atoms with E-state index in [2.05, 4.69) is 10.2 Å². The number of nitrogens with zero attached hydrogens (tertiary/aromatic N) is 1. The lowest BCUT2D eigenvalue weighted by molar-refractivity contribution is 0.103. The van der Waals surface area contributed by atoms with Crippen molar-refractivity contribution >= 4 is 10.9 Å². The van der Waals surface area contributed by atoms with Gasteiger partial charge >= 0.3 is 0 Å². The zero-order valence-electron chi connectivity index (χ0n) is 13.9. The number of ether oxygens (including phenoxy) is 1. The van der Waals surface area contributed by atoms with Crippen LogP contribution in [0.15, 0.2) is 30.5 Å². The van der Waals surface area contributed by atoms with Crippen LogP contribution in [0.2, 0.25) is 0 Å². The number of phenolic OH excluding ortho intramolecular Hbond substituents is 1. The molecular formula is C19H20FN3O2. The van der Waals surface area contributed by atoms with Gasteiger partial charge in [0.05, 0.1) is 17.1 Å². The molecule has 0 unspecified atom stereocenters. The van der Waals surface area contributed by atoms with Gasteiger partial charge in [0.25, 0.3) is 0 Å². The molecule has 130 valence electrons. The highest BCUT2D eigenvalue weighted by Crippen LogP contribution is 2.37. The molecule has 1 aliphatic carbocycles. The van der Waals surface area contributed by atoms with Gasteiger partial charge in [-0.1, -0.05) is 6.92 Å². The van der Waals surface area contributed by atoms with Gasteiger partial charge in [-0.3, -0.25) is 5.10 Å². The van der Waals surface area contributed by atoms with Crippen LogP contribution in [0, 0.1) is 5.82 Å². The summed E-state index contributed by atoms with van der Waals surface area (Å²) in [5.41, 5.74) is 9.10. The summed E-state index contributed by atoms with van der Waals surface area (Å²) in [6, 6.07) is 6.88. The number of hydrogen-bond donors (Lipinski definition) is 3. The van der Waals surface area contributed by atoms with Gasteiger partial charge < -0.3 is 15.6 Å². The molecule has 1 aromatic heterocycles. The molecule has 0 spiro atoms. The minimum atomic E-state index is -0.635. The molecule has 0 atom stereocenters. The monoisotopic (exact) mass is 341 g/mol. The van der Waals surface area contributed by atoms with Crippen LogP contribution in [-0.2, 0) is 6.42 Å². The van der Waals surface area contributed by atoms with Gasteiger partial charge in [-0.25, -0.2) is 4.39 Å². The van der Waals surface area contributed by atoms with Crippen LogP contribution in [-0.4, -0.2) is 27.4 Å². The van der Waals surface area contributed by atoms with Gasteiger partial charge in [0.1, 0.15) is 11.9 Å². The second-order valence-corrected chi connectivity index (χ2v) is 6.59. The summed E-state index contributed by atoms with van der Waals surface area (Å²) in [4.78, 5) is 0. The number of hydrogen-bond acceptors (Lipinski definition) is 4. The zero-order chi connectivity index (χ0) is 17.6. The Balaban J connectivity index is 1.81. The van der Waals surface area contributed by atoms with Crippen LogP contribution in [0.1, 0.15) is 25.3 Å². The summed E-state index contributed by atoms with van der Waals surface area (Å²) in [6.07, 6.45) is 4.17. The lowest BCUT2D eigenvalue weighted by atomic mass is 9.90. The fraction of sp³-hybridized carbons (Fsp3) is 0.316. The predicted octanol–water partition coefficient (Wildman–Crippen LogP) is 3.51. The summed E-state index contributed by atoms with van der Waals surface area (Å²) >= 11 is 0. The highest BCUT2D eigenvalue weighted by Gasteiger charge is 2.28. The van der Waals surface area contributed by atoms with Crippen LogP contribution in [0.4, 0.5) is 4.39 Å². The first kappa shape index (κ1) is 15.9. The average molecular weight is 341 g/mol. The third-order valence-corrected chi connectivity index (χ3v) is 4.81. The number of halogens is 1. The van der Waals surface area contributed by atoms with Crippen LogP contribution in [0.3, 0.4) is 0 Å². The van der Waals surface area contributed by atoms with Gasteiger partial charge in [0.15, 0.2) is 11.6 Å². The summed E-state index contributed by atoms with van der Waals surface area (Å²) in [5, 5.41) is 17.6. The molecule has 0 bridgehead atoms. The van der Waals surface area contributed by atoms with E-state index >= 15 is 0 Å². The minimum absolute atomic E-state index is 0.102. The van der Waals surface area contributed by atoms with E-state index in [1.54, 1.807) is 6.20 Å². The fourth-order valence-corrected chi connectivity index (χ4v) is 3.32. The van der Waals surface area contributed by atoms with Crippen molar-refractivity contribution in [1.82, 2.24) is 10.2 Å². The van der Waals surface area contributed by atoms with Crippen molar-refractivity contribution in [2.45, 2.75) is 38.3 Å². The lowest BCUT2D eigenvalue weighted by Crippen LogP contribution is -2.43. The number of aromatic nitrogens is 2. The number of aromatic hydroxyl groups is 1. The average Bonchev–Trinajstić information content (AvgIpc) is 3.04. The third-order valence-electron chi connectivity index (χ3n) is 4.81. The van der Waals surface area contributed by atoms with E-state index in [0.29, 0.717) is 12.2 Å². The first-order chi connectivity index (χ1) is 12.0. The molecule has 1 aliphatic rings. The molecule has 2 aromatic carbocycles. The van der Waals surface area contributed by atoms with Crippen molar-refractivity contribution in [3.63, 3.8) is 0 Å². The highest BCUT2D eigenvalue weighted by atomic mass is 19.1. The zero-order valence-corrected chi connectivity index (χ0v) is 13.9. The molecule has 0 saturated heterocycles. The number of H-pyrrole nitrogens is 1. The van der Waals surface area contributed by atoms with Crippen molar-refractivity contribution < 1.29 is 14.2 Å². The normalized spacial score (nSPS) is 19.8. The number of aryl methyl sites for hydroxylation is 1. The van der Waals surface area contributed by atoms with Gasteiger partial charge in [0.2, 0.25) is 0 Å². The van der Waals surface area contributed by atoms with E-state index in [-0.39, 0.29) is 17.9 Å². The van der Waals surface area contributed by atoms with E-state index < -0.39 is 5.82 Å². The van der Waals surface area contributed by atoms with Crippen LogP contribution in [0.5, 0.6) is 11.5 Å². The second-order valence-electron chi connectivity index (χ2n) is 6.59. The highest BCUT2D eigenvalue weighted by molar-refractivity contribution is 5.90. The van der Waals surface area contributed by atoms with Crippen molar-refractivity contribution in [2.24, 2.45) is 5.73 Å². The number of benzene rings is 2. The molecule has 3 aromatic rings. The SMILES string of the molecule is CCc1cc(O)c(F)cc1-c1cc(O[C@H]2C[C@H](N)C2)c2cn[nH]c2c1. The first-order valence-electron chi connectivity index (χ1n) is 8.46. The fourth-order valence-electron chi connectivity index (χ4n) is 3.32. The predicted molar refractivity (Wildman–Crippen MR) is 94.2 cm³/mol. The molecule has 0 radical (unpaired) electrons. The van der Waals surface area contributed by atoms with Crippen LogP contribution in [0.25, 0.3) is 22.0 Å². The van der Waals surface area contributed by atoms with Gasteiger partial charge in [-0.2, -0.15) is 5.10 Å². The Hall–Kier alpha value is -2.60. The Bertz CT molecular complexity index is 932. The molecule has 4 N–H and O–H groups in total. The molecule has 0 amide bonds. The number of aromatic amines is 1. The molecule has 1 heterocycles. The van der Waals surface area contributed by atoms with Crippen LogP contribution >= 0.6 is 0 Å². The maximum absolute atomic E-state index is 13.9. The smallest absolute Gasteiger partial charge is 0.165 e. The maximum atomic E-state index is 13.9. The van der Waals surface area contributed by atoms with E-state index in [1.165, 1.54) is 12.1 Å².